The van der Waals surface area contributed by atoms with Crippen molar-refractivity contribution in [3.8, 4) is 0 Å². The second-order valence-electron chi connectivity index (χ2n) is 4.70. The van der Waals surface area contributed by atoms with Gasteiger partial charge < -0.3 is 19.3 Å². The Morgan fingerprint density at radius 1 is 1.35 bits per heavy atom. The Kier molecular flexibility index (Phi) is 8.43. The van der Waals surface area contributed by atoms with Crippen molar-refractivity contribution < 1.29 is 19.3 Å². The Morgan fingerprint density at radius 2 is 2.00 bits per heavy atom. The fourth-order valence-electron chi connectivity index (χ4n) is 1.33. The lowest BCUT2D eigenvalue weighted by Gasteiger charge is -2.26. The van der Waals surface area contributed by atoms with Gasteiger partial charge in [0.15, 0.2) is 0 Å². The highest BCUT2D eigenvalue weighted by molar-refractivity contribution is 5.03. The molecule has 4 heteroatoms. The normalized spacial score (nSPS) is 13.7. The lowest BCUT2D eigenvalue weighted by molar-refractivity contribution is -0.104. The highest BCUT2D eigenvalue weighted by Crippen LogP contribution is 2.20. The summed E-state index contributed by atoms with van der Waals surface area (Å²) in [6.07, 6.45) is 1.19. The molecular weight excluding hydrogens is 220 g/mol. The molecule has 0 aliphatic rings. The summed E-state index contributed by atoms with van der Waals surface area (Å²) < 4.78 is 15.7. The van der Waals surface area contributed by atoms with E-state index >= 15 is 0 Å². The van der Waals surface area contributed by atoms with Gasteiger partial charge in [-0.3, -0.25) is 0 Å². The number of hydrogen-bond acceptors (Lipinski definition) is 4. The van der Waals surface area contributed by atoms with E-state index < -0.39 is 5.60 Å². The summed E-state index contributed by atoms with van der Waals surface area (Å²) in [5, 5.41) is 9.79. The molecule has 0 aliphatic heterocycles. The zero-order chi connectivity index (χ0) is 13.3. The third kappa shape index (κ3) is 9.30. The molecule has 0 heterocycles. The van der Waals surface area contributed by atoms with Gasteiger partial charge in [-0.2, -0.15) is 0 Å². The Morgan fingerprint density at radius 3 is 2.47 bits per heavy atom. The number of aliphatic hydroxyl groups is 1. The Labute approximate surface area is 105 Å². The van der Waals surface area contributed by atoms with Crippen LogP contribution in [0.1, 0.15) is 33.6 Å². The Balaban J connectivity index is 3.99. The zero-order valence-electron chi connectivity index (χ0n) is 11.5. The predicted molar refractivity (Wildman–Crippen MR) is 67.9 cm³/mol. The minimum Gasteiger partial charge on any atom is -0.390 e. The second kappa shape index (κ2) is 8.64. The van der Waals surface area contributed by atoms with E-state index in [0.29, 0.717) is 19.6 Å². The first kappa shape index (κ1) is 16.6. The average Bonchev–Trinajstić information content (AvgIpc) is 2.24. The fourth-order valence-corrected chi connectivity index (χ4v) is 1.33. The van der Waals surface area contributed by atoms with Crippen LogP contribution in [0.5, 0.6) is 0 Å². The smallest absolute Gasteiger partial charge is 0.147 e. The largest absolute Gasteiger partial charge is 0.390 e. The van der Waals surface area contributed by atoms with E-state index in [1.807, 2.05) is 6.92 Å². The van der Waals surface area contributed by atoms with Gasteiger partial charge in [-0.05, 0) is 25.8 Å². The van der Waals surface area contributed by atoms with Gasteiger partial charge >= 0.3 is 0 Å². The fraction of sp³-hybridized carbons (Fsp3) is 0.846. The van der Waals surface area contributed by atoms with Crippen molar-refractivity contribution in [1.82, 2.24) is 0 Å². The van der Waals surface area contributed by atoms with Gasteiger partial charge in [-0.1, -0.05) is 13.5 Å². The summed E-state index contributed by atoms with van der Waals surface area (Å²) in [6, 6.07) is 0. The highest BCUT2D eigenvalue weighted by atomic mass is 16.7. The van der Waals surface area contributed by atoms with Crippen LogP contribution in [0.3, 0.4) is 0 Å². The van der Waals surface area contributed by atoms with Crippen LogP contribution in [0.4, 0.5) is 0 Å². The lowest BCUT2D eigenvalue weighted by atomic mass is 9.95. The lowest BCUT2D eigenvalue weighted by Crippen LogP contribution is -2.30. The van der Waals surface area contributed by atoms with Gasteiger partial charge in [-0.15, -0.1) is 0 Å². The zero-order valence-corrected chi connectivity index (χ0v) is 11.5. The molecule has 102 valence electrons. The quantitative estimate of drug-likeness (QED) is 0.364. The van der Waals surface area contributed by atoms with Crippen LogP contribution in [0.15, 0.2) is 12.2 Å². The summed E-state index contributed by atoms with van der Waals surface area (Å²) in [5.74, 6) is 0. The first-order valence-electron chi connectivity index (χ1n) is 5.99. The third-order valence-electron chi connectivity index (χ3n) is 2.38. The molecule has 0 aromatic heterocycles. The van der Waals surface area contributed by atoms with Crippen LogP contribution < -0.4 is 0 Å². The number of hydrogen-bond donors (Lipinski definition) is 1. The van der Waals surface area contributed by atoms with E-state index in [1.54, 1.807) is 21.0 Å². The predicted octanol–water partition coefficient (Wildman–Crippen LogP) is 2.12. The van der Waals surface area contributed by atoms with Crippen molar-refractivity contribution in [2.45, 2.75) is 45.3 Å². The maximum atomic E-state index is 9.79. The van der Waals surface area contributed by atoms with Gasteiger partial charge in [0.05, 0.1) is 24.9 Å². The molecule has 0 saturated heterocycles. The van der Waals surface area contributed by atoms with Crippen molar-refractivity contribution in [2.75, 3.05) is 27.1 Å². The van der Waals surface area contributed by atoms with Crippen molar-refractivity contribution in [2.24, 2.45) is 0 Å². The van der Waals surface area contributed by atoms with E-state index in [4.69, 9.17) is 14.2 Å². The van der Waals surface area contributed by atoms with Gasteiger partial charge in [-0.25, -0.2) is 0 Å². The minimum atomic E-state index is -0.769. The van der Waals surface area contributed by atoms with Gasteiger partial charge in [0, 0.05) is 13.5 Å². The van der Waals surface area contributed by atoms with Crippen LogP contribution in [0, 0.1) is 0 Å². The van der Waals surface area contributed by atoms with Crippen molar-refractivity contribution in [1.29, 1.82) is 0 Å². The number of ether oxygens (including phenoxy) is 3. The standard InChI is InChI=1S/C13H26O4/c1-6-11(2)12(9-13(3,4)14)17-10-16-8-7-15-5/h12,14H,2,6-10H2,1,3-5H3. The van der Waals surface area contributed by atoms with Gasteiger partial charge in [0.25, 0.3) is 0 Å². The highest BCUT2D eigenvalue weighted by Gasteiger charge is 2.22. The van der Waals surface area contributed by atoms with Crippen LogP contribution in [-0.2, 0) is 14.2 Å². The van der Waals surface area contributed by atoms with Crippen LogP contribution in [0.25, 0.3) is 0 Å². The van der Waals surface area contributed by atoms with E-state index in [-0.39, 0.29) is 12.9 Å². The molecule has 0 aliphatic carbocycles. The van der Waals surface area contributed by atoms with E-state index in [0.717, 1.165) is 12.0 Å². The first-order chi connectivity index (χ1) is 7.90. The molecule has 0 aromatic carbocycles. The van der Waals surface area contributed by atoms with Crippen LogP contribution in [-0.4, -0.2) is 43.9 Å². The monoisotopic (exact) mass is 246 g/mol. The number of methoxy groups -OCH3 is 1. The van der Waals surface area contributed by atoms with Crippen molar-refractivity contribution >= 4 is 0 Å². The molecular formula is C13H26O4. The average molecular weight is 246 g/mol. The van der Waals surface area contributed by atoms with Gasteiger partial charge in [0.1, 0.15) is 6.79 Å². The molecule has 1 atom stereocenters. The first-order valence-corrected chi connectivity index (χ1v) is 5.99. The second-order valence-corrected chi connectivity index (χ2v) is 4.70. The molecule has 0 bridgehead atoms. The summed E-state index contributed by atoms with van der Waals surface area (Å²) in [7, 11) is 1.63. The van der Waals surface area contributed by atoms with E-state index in [9.17, 15) is 5.11 Å². The molecule has 0 radical (unpaired) electrons. The molecule has 0 fully saturated rings. The Hall–Kier alpha value is -0.420. The molecule has 0 amide bonds. The maximum absolute atomic E-state index is 9.79. The summed E-state index contributed by atoms with van der Waals surface area (Å²) in [6.45, 7) is 10.8. The topological polar surface area (TPSA) is 47.9 Å². The molecule has 17 heavy (non-hydrogen) atoms. The molecule has 0 saturated carbocycles. The van der Waals surface area contributed by atoms with Crippen LogP contribution in [0.2, 0.25) is 0 Å². The molecule has 1 unspecified atom stereocenters. The van der Waals surface area contributed by atoms with Crippen molar-refractivity contribution in [3.63, 3.8) is 0 Å². The maximum Gasteiger partial charge on any atom is 0.147 e. The third-order valence-corrected chi connectivity index (χ3v) is 2.38. The number of rotatable bonds is 10. The summed E-state index contributed by atoms with van der Waals surface area (Å²) in [4.78, 5) is 0. The molecule has 0 rings (SSSR count). The minimum absolute atomic E-state index is 0.164. The van der Waals surface area contributed by atoms with Gasteiger partial charge in [0.2, 0.25) is 0 Å². The molecule has 1 N–H and O–H groups in total. The SMILES string of the molecule is C=C(CC)C(CC(C)(C)O)OCOCCOC. The van der Waals surface area contributed by atoms with E-state index in [1.165, 1.54) is 0 Å². The molecule has 0 aromatic rings. The summed E-state index contributed by atoms with van der Waals surface area (Å²) in [5.41, 5.74) is 0.206. The Bertz CT molecular complexity index is 208. The van der Waals surface area contributed by atoms with E-state index in [2.05, 4.69) is 6.58 Å². The molecule has 0 spiro atoms. The summed E-state index contributed by atoms with van der Waals surface area (Å²) >= 11 is 0. The van der Waals surface area contributed by atoms with Crippen molar-refractivity contribution in [3.05, 3.63) is 12.2 Å². The molecule has 4 nitrogen and oxygen atoms in total. The van der Waals surface area contributed by atoms with Crippen LogP contribution >= 0.6 is 0 Å².